The van der Waals surface area contributed by atoms with Gasteiger partial charge in [0, 0.05) is 6.42 Å². The second-order valence-corrected chi connectivity index (χ2v) is 4.82. The molecular formula is C20H32O3. The van der Waals surface area contributed by atoms with E-state index in [2.05, 4.69) is 0 Å². The molecule has 0 radical (unpaired) electrons. The zero-order chi connectivity index (χ0) is 24.2. The third-order valence-electron chi connectivity index (χ3n) is 2.69. The number of allylic oxidation sites excluding steroid dienone is 6. The number of rotatable bonds is 14. The van der Waals surface area contributed by atoms with Crippen molar-refractivity contribution in [1.82, 2.24) is 0 Å². The predicted molar refractivity (Wildman–Crippen MR) is 97.4 cm³/mol. The van der Waals surface area contributed by atoms with Crippen molar-refractivity contribution in [2.75, 3.05) is 0 Å². The van der Waals surface area contributed by atoms with Gasteiger partial charge >= 0.3 is 5.97 Å². The molecule has 0 amide bonds. The van der Waals surface area contributed by atoms with Gasteiger partial charge < -0.3 is 10.2 Å². The Balaban J connectivity index is 5.23. The summed E-state index contributed by atoms with van der Waals surface area (Å²) in [5, 5.41) is 18.8. The predicted octanol–water partition coefficient (Wildman–Crippen LogP) is 5.19. The van der Waals surface area contributed by atoms with E-state index in [1.165, 1.54) is 0 Å². The van der Waals surface area contributed by atoms with Gasteiger partial charge in [0.15, 0.2) is 0 Å². The number of carboxylic acid groups (broad SMARTS) is 1. The minimum absolute atomic E-state index is 0.00185. The molecule has 0 fully saturated rings. The number of carboxylic acids is 1. The van der Waals surface area contributed by atoms with Gasteiger partial charge in [0.25, 0.3) is 0 Å². The summed E-state index contributed by atoms with van der Waals surface area (Å²) in [6, 6.07) is -2.21. The van der Waals surface area contributed by atoms with E-state index in [1.54, 1.807) is 0 Å². The molecule has 0 aromatic carbocycles. The molecule has 1 unspecified atom stereocenters. The van der Waals surface area contributed by atoms with Crippen molar-refractivity contribution in [1.29, 1.82) is 0 Å². The van der Waals surface area contributed by atoms with Gasteiger partial charge in [0.05, 0.1) is 17.0 Å². The average molecular weight is 329 g/mol. The Morgan fingerprint density at radius 3 is 2.61 bits per heavy atom. The zero-order valence-corrected chi connectivity index (χ0v) is 13.7. The summed E-state index contributed by atoms with van der Waals surface area (Å²) >= 11 is 0. The number of hydrogen-bond donors (Lipinski definition) is 2. The van der Waals surface area contributed by atoms with Crippen LogP contribution in [-0.4, -0.2) is 22.3 Å². The molecule has 130 valence electrons. The summed E-state index contributed by atoms with van der Waals surface area (Å²) in [5.74, 6) is -1.03. The van der Waals surface area contributed by atoms with Crippen molar-refractivity contribution in [3.63, 3.8) is 0 Å². The molecule has 3 heteroatoms. The van der Waals surface area contributed by atoms with Crippen molar-refractivity contribution in [2.45, 2.75) is 70.8 Å². The van der Waals surface area contributed by atoms with Crippen LogP contribution in [0.5, 0.6) is 0 Å². The second-order valence-electron chi connectivity index (χ2n) is 4.82. The Hall–Kier alpha value is -1.61. The lowest BCUT2D eigenvalue weighted by molar-refractivity contribution is -0.137. The first-order valence-corrected chi connectivity index (χ1v) is 7.91. The Bertz CT molecular complexity index is 739. The molecule has 0 saturated carbocycles. The third kappa shape index (κ3) is 18.3. The lowest BCUT2D eigenvalue weighted by atomic mass is 10.2. The number of unbranched alkanes of at least 4 members (excludes halogenated alkanes) is 2. The lowest BCUT2D eigenvalue weighted by Gasteiger charge is -1.98. The smallest absolute Gasteiger partial charge is 0.303 e. The van der Waals surface area contributed by atoms with Crippen LogP contribution in [0, 0.1) is 0 Å². The van der Waals surface area contributed by atoms with Crippen molar-refractivity contribution in [3.8, 4) is 0 Å². The van der Waals surface area contributed by atoms with Crippen LogP contribution in [0.15, 0.2) is 48.4 Å². The second kappa shape index (κ2) is 16.8. The molecule has 0 saturated heterocycles. The highest BCUT2D eigenvalue weighted by Gasteiger charge is 1.94. The van der Waals surface area contributed by atoms with Crippen LogP contribution < -0.4 is 0 Å². The number of aliphatic carboxylic acids is 1. The summed E-state index contributed by atoms with van der Waals surface area (Å²) in [6.07, 6.45) is 0.270. The van der Waals surface area contributed by atoms with Gasteiger partial charge in [-0.3, -0.25) is 4.79 Å². The standard InChI is InChI=1S/C20H32O3/c1-2-3-4-5-6-7-8-10-13-16-19(21)17-14-11-9-12-15-18-20(22)23/h6-7,9-11,13-14,17,19,21H,2-5,8,12,15-16,18H2,1H3,(H,22,23)/b7-6-,11-9-,13-10-,17-14+/i6D,7D,9D,10D,11D,13D,17D,19D. The first-order chi connectivity index (χ1) is 14.3. The summed E-state index contributed by atoms with van der Waals surface area (Å²) in [4.78, 5) is 10.5. The molecule has 0 bridgehead atoms. The first-order valence-electron chi connectivity index (χ1n) is 11.9. The van der Waals surface area contributed by atoms with E-state index in [9.17, 15) is 9.90 Å². The quantitative estimate of drug-likeness (QED) is 0.262. The molecule has 0 aliphatic rings. The van der Waals surface area contributed by atoms with E-state index in [-0.39, 0.29) is 49.9 Å². The molecule has 0 aromatic heterocycles. The van der Waals surface area contributed by atoms with Gasteiger partial charge in [-0.05, 0) is 38.5 Å². The number of hydrogen-bond acceptors (Lipinski definition) is 2. The van der Waals surface area contributed by atoms with Crippen molar-refractivity contribution < 1.29 is 26.0 Å². The van der Waals surface area contributed by atoms with E-state index in [0.29, 0.717) is 6.42 Å². The van der Waals surface area contributed by atoms with Crippen LogP contribution in [0.3, 0.4) is 0 Å². The fourth-order valence-electron chi connectivity index (χ4n) is 1.49. The van der Waals surface area contributed by atoms with E-state index >= 15 is 0 Å². The van der Waals surface area contributed by atoms with Crippen LogP contribution in [-0.2, 0) is 4.79 Å². The average Bonchev–Trinajstić information content (AvgIpc) is 2.66. The zero-order valence-electron chi connectivity index (χ0n) is 21.7. The van der Waals surface area contributed by atoms with Crippen LogP contribution >= 0.6 is 0 Å². The molecule has 2 N–H and O–H groups in total. The summed E-state index contributed by atoms with van der Waals surface area (Å²) < 4.78 is 62.7. The highest BCUT2D eigenvalue weighted by Crippen LogP contribution is 2.02. The maximum atomic E-state index is 10.5. The van der Waals surface area contributed by atoms with E-state index in [4.69, 9.17) is 16.1 Å². The van der Waals surface area contributed by atoms with Gasteiger partial charge in [-0.2, -0.15) is 0 Å². The molecule has 0 rings (SSSR count). The largest absolute Gasteiger partial charge is 0.481 e. The SMILES string of the molecule is [2H]C(/C=C(\[2H])C([2H])(O)C/C([2H])=C(/[2H])C/C([2H])=C(/[2H])CCCCC)=C(\[2H])CCCC(=O)O. The Kier molecular flexibility index (Phi) is 8.04. The maximum absolute atomic E-state index is 10.5. The minimum Gasteiger partial charge on any atom is -0.481 e. The number of carbonyl (C=O) groups is 1. The van der Waals surface area contributed by atoms with Crippen LogP contribution in [0.4, 0.5) is 0 Å². The van der Waals surface area contributed by atoms with Gasteiger partial charge in [-0.1, -0.05) is 68.2 Å². The summed E-state index contributed by atoms with van der Waals surface area (Å²) in [7, 11) is 0. The molecule has 0 aromatic rings. The molecular weight excluding hydrogens is 288 g/mol. The molecule has 0 aliphatic heterocycles. The van der Waals surface area contributed by atoms with Gasteiger partial charge in [0.1, 0.15) is 0 Å². The molecule has 3 nitrogen and oxygen atoms in total. The molecule has 0 spiro atoms. The maximum Gasteiger partial charge on any atom is 0.303 e. The minimum atomic E-state index is -2.60. The first kappa shape index (κ1) is 11.0. The van der Waals surface area contributed by atoms with Crippen molar-refractivity contribution in [2.24, 2.45) is 0 Å². The fourth-order valence-corrected chi connectivity index (χ4v) is 1.49. The van der Waals surface area contributed by atoms with Gasteiger partial charge in [-0.15, -0.1) is 0 Å². The Labute approximate surface area is 152 Å². The Morgan fingerprint density at radius 2 is 1.87 bits per heavy atom. The third-order valence-corrected chi connectivity index (χ3v) is 2.69. The van der Waals surface area contributed by atoms with Crippen LogP contribution in [0.2, 0.25) is 0 Å². The fraction of sp³-hybridized carbons (Fsp3) is 0.550. The molecule has 0 aliphatic carbocycles. The van der Waals surface area contributed by atoms with Crippen molar-refractivity contribution >= 4 is 5.97 Å². The molecule has 23 heavy (non-hydrogen) atoms. The lowest BCUT2D eigenvalue weighted by Crippen LogP contribution is -1.98. The van der Waals surface area contributed by atoms with Crippen LogP contribution in [0.1, 0.15) is 75.7 Å². The molecule has 1 atom stereocenters. The highest BCUT2D eigenvalue weighted by molar-refractivity contribution is 5.66. The normalized spacial score (nSPS) is 23.1. The topological polar surface area (TPSA) is 57.5 Å². The van der Waals surface area contributed by atoms with E-state index < -0.39 is 36.6 Å². The highest BCUT2D eigenvalue weighted by atomic mass is 16.4. The van der Waals surface area contributed by atoms with Gasteiger partial charge in [0.2, 0.25) is 0 Å². The molecule has 0 heterocycles. The van der Waals surface area contributed by atoms with Gasteiger partial charge in [-0.25, -0.2) is 0 Å². The monoisotopic (exact) mass is 328 g/mol. The Morgan fingerprint density at radius 1 is 1.13 bits per heavy atom. The van der Waals surface area contributed by atoms with Crippen LogP contribution in [0.25, 0.3) is 0 Å². The number of aliphatic hydroxyl groups is 1. The van der Waals surface area contributed by atoms with Crippen molar-refractivity contribution in [3.05, 3.63) is 48.4 Å². The van der Waals surface area contributed by atoms with E-state index in [0.717, 1.165) is 25.3 Å². The summed E-state index contributed by atoms with van der Waals surface area (Å²) in [6.45, 7) is 2.02. The summed E-state index contributed by atoms with van der Waals surface area (Å²) in [5.41, 5.74) is 0. The van der Waals surface area contributed by atoms with E-state index in [1.807, 2.05) is 6.92 Å².